The van der Waals surface area contributed by atoms with E-state index >= 15 is 0 Å². The summed E-state index contributed by atoms with van der Waals surface area (Å²) in [5, 5.41) is 11.4. The third-order valence-corrected chi connectivity index (χ3v) is 7.46. The van der Waals surface area contributed by atoms with Gasteiger partial charge in [0.05, 0.1) is 5.56 Å². The number of halogens is 4. The molecule has 1 aromatic heterocycles. The summed E-state index contributed by atoms with van der Waals surface area (Å²) in [5.74, 6) is -2.95. The molecule has 5 rings (SSSR count). The molecule has 8 nitrogen and oxygen atoms in total. The SMILES string of the molecule is C[C@H](N(Cc1ccc(F)cc1)C(=O)CC1C[C@@]2(OC(=O)NC2=O)c2ccc(-c3cncc(C#N)c3)cc21)C(F)(F)F. The molecule has 1 N–H and O–H groups in total. The zero-order valence-corrected chi connectivity index (χ0v) is 21.5. The van der Waals surface area contributed by atoms with Gasteiger partial charge >= 0.3 is 12.3 Å². The first-order valence-corrected chi connectivity index (χ1v) is 12.6. The number of alkyl carbamates (subject to hydrolysis) is 1. The predicted octanol–water partition coefficient (Wildman–Crippen LogP) is 5.08. The van der Waals surface area contributed by atoms with Crippen LogP contribution in [0.5, 0.6) is 0 Å². The predicted molar refractivity (Wildman–Crippen MR) is 135 cm³/mol. The van der Waals surface area contributed by atoms with E-state index in [0.717, 1.165) is 19.1 Å². The summed E-state index contributed by atoms with van der Waals surface area (Å²) in [4.78, 5) is 43.2. The highest BCUT2D eigenvalue weighted by atomic mass is 19.4. The van der Waals surface area contributed by atoms with Crippen LogP contribution in [0.4, 0.5) is 22.4 Å². The molecule has 2 aliphatic rings. The topological polar surface area (TPSA) is 112 Å². The minimum atomic E-state index is -4.74. The molecular formula is C29H22F4N4O4. The van der Waals surface area contributed by atoms with Crippen LogP contribution in [0.1, 0.15) is 47.9 Å². The summed E-state index contributed by atoms with van der Waals surface area (Å²) in [6, 6.07) is 11.1. The van der Waals surface area contributed by atoms with E-state index in [1.807, 2.05) is 6.07 Å². The number of aromatic nitrogens is 1. The molecule has 0 bridgehead atoms. The molecule has 2 aromatic carbocycles. The second kappa shape index (κ2) is 10.3. The van der Waals surface area contributed by atoms with Gasteiger partial charge in [-0.15, -0.1) is 0 Å². The van der Waals surface area contributed by atoms with Crippen molar-refractivity contribution < 1.29 is 36.7 Å². The number of fused-ring (bicyclic) bond motifs is 2. The van der Waals surface area contributed by atoms with Crippen molar-refractivity contribution in [2.24, 2.45) is 0 Å². The van der Waals surface area contributed by atoms with Crippen molar-refractivity contribution in [1.82, 2.24) is 15.2 Å². The summed E-state index contributed by atoms with van der Waals surface area (Å²) >= 11 is 0. The number of nitriles is 1. The summed E-state index contributed by atoms with van der Waals surface area (Å²) in [7, 11) is 0. The second-order valence-corrected chi connectivity index (χ2v) is 10.0. The van der Waals surface area contributed by atoms with Gasteiger partial charge in [-0.3, -0.25) is 19.9 Å². The van der Waals surface area contributed by atoms with Crippen LogP contribution < -0.4 is 5.32 Å². The number of amides is 3. The highest BCUT2D eigenvalue weighted by Crippen LogP contribution is 2.51. The first-order valence-electron chi connectivity index (χ1n) is 12.6. The van der Waals surface area contributed by atoms with E-state index in [0.29, 0.717) is 38.3 Å². The zero-order chi connectivity index (χ0) is 29.5. The molecule has 1 spiro atoms. The van der Waals surface area contributed by atoms with Gasteiger partial charge in [0.25, 0.3) is 5.91 Å². The van der Waals surface area contributed by atoms with Crippen LogP contribution in [0.3, 0.4) is 0 Å². The number of carbonyl (C=O) groups excluding carboxylic acids is 3. The molecule has 3 amide bonds. The molecule has 1 aliphatic heterocycles. The summed E-state index contributed by atoms with van der Waals surface area (Å²) < 4.78 is 60.3. The molecule has 1 fully saturated rings. The van der Waals surface area contributed by atoms with E-state index in [1.165, 1.54) is 24.5 Å². The maximum atomic E-state index is 13.8. The monoisotopic (exact) mass is 566 g/mol. The van der Waals surface area contributed by atoms with Crippen molar-refractivity contribution in [3.63, 3.8) is 0 Å². The Labute approximate surface area is 231 Å². The van der Waals surface area contributed by atoms with Gasteiger partial charge in [-0.1, -0.05) is 30.3 Å². The maximum absolute atomic E-state index is 13.8. The number of pyridine rings is 1. The summed E-state index contributed by atoms with van der Waals surface area (Å²) in [6.45, 7) is 0.442. The second-order valence-electron chi connectivity index (χ2n) is 10.0. The van der Waals surface area contributed by atoms with Gasteiger partial charge in [0, 0.05) is 42.9 Å². The maximum Gasteiger partial charge on any atom is 0.415 e. The molecular weight excluding hydrogens is 544 g/mol. The highest BCUT2D eigenvalue weighted by Gasteiger charge is 2.57. The van der Waals surface area contributed by atoms with Crippen molar-refractivity contribution >= 4 is 17.9 Å². The van der Waals surface area contributed by atoms with E-state index in [-0.39, 0.29) is 6.42 Å². The van der Waals surface area contributed by atoms with E-state index in [1.54, 1.807) is 24.3 Å². The molecule has 1 aliphatic carbocycles. The number of hydrogen-bond donors (Lipinski definition) is 1. The van der Waals surface area contributed by atoms with E-state index in [2.05, 4.69) is 10.3 Å². The molecule has 12 heteroatoms. The van der Waals surface area contributed by atoms with Crippen molar-refractivity contribution in [3.8, 4) is 17.2 Å². The van der Waals surface area contributed by atoms with Crippen LogP contribution in [-0.2, 0) is 26.5 Å². The van der Waals surface area contributed by atoms with Crippen molar-refractivity contribution in [3.05, 3.63) is 89.0 Å². The van der Waals surface area contributed by atoms with Gasteiger partial charge in [0.2, 0.25) is 11.5 Å². The van der Waals surface area contributed by atoms with Crippen LogP contribution in [0.25, 0.3) is 11.1 Å². The van der Waals surface area contributed by atoms with Gasteiger partial charge in [0.1, 0.15) is 17.9 Å². The fourth-order valence-electron chi connectivity index (χ4n) is 5.32. The van der Waals surface area contributed by atoms with E-state index in [9.17, 15) is 37.2 Å². The fourth-order valence-corrected chi connectivity index (χ4v) is 5.32. The van der Waals surface area contributed by atoms with Gasteiger partial charge in [-0.05, 0) is 47.7 Å². The lowest BCUT2D eigenvalue weighted by Crippen LogP contribution is -2.46. The number of carbonyl (C=O) groups is 3. The average molecular weight is 567 g/mol. The number of ether oxygens (including phenoxy) is 1. The molecule has 3 aromatic rings. The van der Waals surface area contributed by atoms with Gasteiger partial charge in [-0.25, -0.2) is 9.18 Å². The Hall–Kier alpha value is -4.79. The van der Waals surface area contributed by atoms with Crippen LogP contribution in [0, 0.1) is 17.1 Å². The highest BCUT2D eigenvalue weighted by molar-refractivity contribution is 6.04. The first-order chi connectivity index (χ1) is 19.4. The number of alkyl halides is 3. The molecule has 0 saturated carbocycles. The number of nitrogens with zero attached hydrogens (tertiary/aromatic N) is 3. The molecule has 3 atom stereocenters. The van der Waals surface area contributed by atoms with Crippen molar-refractivity contribution in [1.29, 1.82) is 5.26 Å². The van der Waals surface area contributed by atoms with Crippen LogP contribution in [0.15, 0.2) is 60.9 Å². The molecule has 2 heterocycles. The first kappa shape index (κ1) is 27.8. The Balaban J connectivity index is 1.52. The minimum absolute atomic E-state index is 0.156. The Morgan fingerprint density at radius 1 is 1.17 bits per heavy atom. The fraction of sp³-hybridized carbons (Fsp3) is 0.276. The Morgan fingerprint density at radius 3 is 2.54 bits per heavy atom. The quantitative estimate of drug-likeness (QED) is 0.417. The lowest BCUT2D eigenvalue weighted by Gasteiger charge is -2.32. The molecule has 210 valence electrons. The van der Waals surface area contributed by atoms with E-state index < -0.39 is 60.4 Å². The summed E-state index contributed by atoms with van der Waals surface area (Å²) in [6.07, 6.45) is -3.39. The van der Waals surface area contributed by atoms with Crippen LogP contribution in [-0.4, -0.2) is 40.0 Å². The third kappa shape index (κ3) is 5.23. The number of nitrogens with one attached hydrogen (secondary N) is 1. The molecule has 1 saturated heterocycles. The van der Waals surface area contributed by atoms with Crippen molar-refractivity contribution in [2.45, 2.75) is 50.0 Å². The largest absolute Gasteiger partial charge is 0.427 e. The van der Waals surface area contributed by atoms with E-state index in [4.69, 9.17) is 4.74 Å². The number of imide groups is 1. The lowest BCUT2D eigenvalue weighted by atomic mass is 9.93. The number of rotatable bonds is 6. The molecule has 41 heavy (non-hydrogen) atoms. The van der Waals surface area contributed by atoms with Gasteiger partial charge in [-0.2, -0.15) is 18.4 Å². The standard InChI is InChI=1S/C29H22F4N4O4/c1-16(29(31,32)33)37(15-17-2-5-22(30)6-3-17)25(38)10-20-11-28(26(39)36-27(40)41-28)24-7-4-19(9-23(20)24)21-8-18(12-34)13-35-14-21/h2-9,13-14,16,20H,10-11,15H2,1H3,(H,36,39,40)/t16-,20?,28+/m0/s1. The van der Waals surface area contributed by atoms with Crippen LogP contribution in [0.2, 0.25) is 0 Å². The lowest BCUT2D eigenvalue weighted by molar-refractivity contribution is -0.187. The van der Waals surface area contributed by atoms with Crippen molar-refractivity contribution in [2.75, 3.05) is 0 Å². The molecule has 1 unspecified atom stereocenters. The smallest absolute Gasteiger partial charge is 0.415 e. The number of hydrogen-bond acceptors (Lipinski definition) is 6. The normalized spacial score (nSPS) is 20.2. The van der Waals surface area contributed by atoms with Crippen LogP contribution >= 0.6 is 0 Å². The minimum Gasteiger partial charge on any atom is -0.427 e. The number of benzene rings is 2. The Morgan fingerprint density at radius 2 is 1.90 bits per heavy atom. The summed E-state index contributed by atoms with van der Waals surface area (Å²) in [5.41, 5.74) is 0.780. The molecule has 0 radical (unpaired) electrons. The average Bonchev–Trinajstić information content (AvgIpc) is 3.40. The zero-order valence-electron chi connectivity index (χ0n) is 21.5. The Kier molecular flexibility index (Phi) is 6.98. The Bertz CT molecular complexity index is 1580. The third-order valence-electron chi connectivity index (χ3n) is 7.46. The van der Waals surface area contributed by atoms with Gasteiger partial charge in [0.15, 0.2) is 0 Å². The van der Waals surface area contributed by atoms with Gasteiger partial charge < -0.3 is 9.64 Å².